The van der Waals surface area contributed by atoms with Crippen LogP contribution in [0.3, 0.4) is 0 Å². The molecule has 0 unspecified atom stereocenters. The number of fused-ring (bicyclic) bond motifs is 1. The lowest BCUT2D eigenvalue weighted by atomic mass is 9.95. The predicted molar refractivity (Wildman–Crippen MR) is 127 cm³/mol. The number of likely N-dealkylation sites (tertiary alicyclic amines) is 1. The molecule has 0 aliphatic carbocycles. The summed E-state index contributed by atoms with van der Waals surface area (Å²) in [6.07, 6.45) is 5.37. The van der Waals surface area contributed by atoms with Crippen molar-refractivity contribution in [1.82, 2.24) is 14.9 Å². The third-order valence-electron chi connectivity index (χ3n) is 5.91. The van der Waals surface area contributed by atoms with Crippen LogP contribution in [0.15, 0.2) is 46.5 Å². The second-order valence-electron chi connectivity index (χ2n) is 8.02. The summed E-state index contributed by atoms with van der Waals surface area (Å²) in [5, 5.41) is 2.03. The lowest BCUT2D eigenvalue weighted by Gasteiger charge is -2.35. The molecule has 1 fully saturated rings. The highest BCUT2D eigenvalue weighted by Gasteiger charge is 2.31. The quantitative estimate of drug-likeness (QED) is 0.523. The lowest BCUT2D eigenvalue weighted by molar-refractivity contribution is -0.124. The third-order valence-corrected chi connectivity index (χ3v) is 7.62. The number of amides is 1. The van der Waals surface area contributed by atoms with Crippen molar-refractivity contribution in [2.24, 2.45) is 5.92 Å². The van der Waals surface area contributed by atoms with Crippen molar-refractivity contribution in [3.63, 3.8) is 0 Å². The van der Waals surface area contributed by atoms with Gasteiger partial charge in [0.2, 0.25) is 5.91 Å². The number of ether oxygens (including phenoxy) is 1. The van der Waals surface area contributed by atoms with Gasteiger partial charge in [0, 0.05) is 21.3 Å². The molecule has 0 saturated carbocycles. The molecular formula is C23H23BrN4O2S. The molecular weight excluding hydrogens is 476 g/mol. The number of halogens is 1. The molecule has 5 rings (SSSR count). The molecule has 1 amide bonds. The summed E-state index contributed by atoms with van der Waals surface area (Å²) >= 11 is 5.12. The van der Waals surface area contributed by atoms with E-state index in [9.17, 15) is 4.79 Å². The number of hydrogen-bond acceptors (Lipinski definition) is 6. The number of anilines is 1. The Balaban J connectivity index is 1.41. The smallest absolute Gasteiger partial charge is 0.230 e. The van der Waals surface area contributed by atoms with E-state index in [0.717, 1.165) is 63.7 Å². The second kappa shape index (κ2) is 8.68. The van der Waals surface area contributed by atoms with Crippen molar-refractivity contribution in [2.45, 2.75) is 12.8 Å². The van der Waals surface area contributed by atoms with Gasteiger partial charge in [0.1, 0.15) is 12.4 Å². The first kappa shape index (κ1) is 20.6. The van der Waals surface area contributed by atoms with Crippen molar-refractivity contribution < 1.29 is 9.53 Å². The van der Waals surface area contributed by atoms with Crippen LogP contribution in [0, 0.1) is 5.92 Å². The van der Waals surface area contributed by atoms with E-state index in [1.54, 1.807) is 23.7 Å². The first-order valence-electron chi connectivity index (χ1n) is 10.4. The van der Waals surface area contributed by atoms with Crippen molar-refractivity contribution in [1.29, 1.82) is 0 Å². The molecule has 2 aliphatic heterocycles. The molecule has 0 spiro atoms. The zero-order valence-electron chi connectivity index (χ0n) is 17.3. The van der Waals surface area contributed by atoms with Gasteiger partial charge in [-0.1, -0.05) is 6.07 Å². The van der Waals surface area contributed by atoms with Gasteiger partial charge in [-0.2, -0.15) is 0 Å². The highest BCUT2D eigenvalue weighted by molar-refractivity contribution is 9.10. The number of aromatic nitrogens is 2. The van der Waals surface area contributed by atoms with Crippen molar-refractivity contribution in [3.05, 3.63) is 46.5 Å². The molecule has 160 valence electrons. The number of hydrogen-bond donors (Lipinski definition) is 0. The average molecular weight is 499 g/mol. The maximum absolute atomic E-state index is 13.2. The molecule has 1 saturated heterocycles. The molecule has 0 N–H and O–H groups in total. The van der Waals surface area contributed by atoms with E-state index < -0.39 is 0 Å². The first-order chi connectivity index (χ1) is 15.1. The van der Waals surface area contributed by atoms with Gasteiger partial charge in [-0.25, -0.2) is 4.98 Å². The fraction of sp³-hybridized carbons (Fsp3) is 0.348. The van der Waals surface area contributed by atoms with Gasteiger partial charge in [-0.05, 0) is 67.1 Å². The molecule has 4 heterocycles. The van der Waals surface area contributed by atoms with Crippen LogP contribution >= 0.6 is 27.3 Å². The normalized spacial score (nSPS) is 17.3. The van der Waals surface area contributed by atoms with E-state index in [1.807, 2.05) is 34.5 Å². The molecule has 0 radical (unpaired) electrons. The van der Waals surface area contributed by atoms with Crippen LogP contribution in [0.25, 0.3) is 21.8 Å². The highest BCUT2D eigenvalue weighted by atomic mass is 79.9. The van der Waals surface area contributed by atoms with Crippen molar-refractivity contribution in [3.8, 4) is 27.6 Å². The molecule has 1 aromatic carbocycles. The molecule has 2 aliphatic rings. The van der Waals surface area contributed by atoms with Gasteiger partial charge < -0.3 is 14.5 Å². The van der Waals surface area contributed by atoms with E-state index in [-0.39, 0.29) is 11.8 Å². The third kappa shape index (κ3) is 4.24. The number of nitrogens with zero attached hydrogens (tertiary/aromatic N) is 4. The topological polar surface area (TPSA) is 58.6 Å². The Morgan fingerprint density at radius 3 is 2.74 bits per heavy atom. The Labute approximate surface area is 194 Å². The number of benzene rings is 1. The van der Waals surface area contributed by atoms with Gasteiger partial charge in [0.25, 0.3) is 0 Å². The summed E-state index contributed by atoms with van der Waals surface area (Å²) in [6.45, 7) is 3.05. The molecule has 3 aromatic rings. The molecule has 8 heteroatoms. The molecule has 31 heavy (non-hydrogen) atoms. The standard InChI is InChI=1S/C23H23BrN4O2S/c1-27-6-4-15(5-7-27)23(29)28-8-9-30-21-10-16(2-3-20(21)28)18-12-25-13-19(26-18)22-11-17(24)14-31-22/h2-3,10-15H,4-9H2,1H3. The number of piperidine rings is 1. The largest absolute Gasteiger partial charge is 0.490 e. The molecule has 0 atom stereocenters. The maximum Gasteiger partial charge on any atom is 0.230 e. The van der Waals surface area contributed by atoms with Gasteiger partial charge in [0.05, 0.1) is 40.9 Å². The summed E-state index contributed by atoms with van der Waals surface area (Å²) < 4.78 is 6.97. The average Bonchev–Trinajstić information content (AvgIpc) is 3.25. The molecule has 0 bridgehead atoms. The number of carbonyl (C=O) groups excluding carboxylic acids is 1. The van der Waals surface area contributed by atoms with Crippen molar-refractivity contribution >= 4 is 38.9 Å². The molecule has 2 aromatic heterocycles. The summed E-state index contributed by atoms with van der Waals surface area (Å²) in [5.74, 6) is 1.04. The van der Waals surface area contributed by atoms with Crippen molar-refractivity contribution in [2.75, 3.05) is 38.2 Å². The van der Waals surface area contributed by atoms with Crippen LogP contribution in [-0.4, -0.2) is 54.1 Å². The maximum atomic E-state index is 13.2. The Bertz CT molecular complexity index is 1110. The van der Waals surface area contributed by atoms with E-state index in [2.05, 4.69) is 32.9 Å². The van der Waals surface area contributed by atoms with Crippen LogP contribution in [0.5, 0.6) is 5.75 Å². The Hall–Kier alpha value is -2.29. The zero-order valence-corrected chi connectivity index (χ0v) is 19.7. The minimum Gasteiger partial charge on any atom is -0.490 e. The van der Waals surface area contributed by atoms with Gasteiger partial charge in [-0.3, -0.25) is 9.78 Å². The zero-order chi connectivity index (χ0) is 21.4. The minimum atomic E-state index is 0.0921. The lowest BCUT2D eigenvalue weighted by Crippen LogP contribution is -2.44. The van der Waals surface area contributed by atoms with Gasteiger partial charge in [0.15, 0.2) is 0 Å². The summed E-state index contributed by atoms with van der Waals surface area (Å²) in [5.41, 5.74) is 3.40. The minimum absolute atomic E-state index is 0.0921. The monoisotopic (exact) mass is 498 g/mol. The van der Waals surface area contributed by atoms with Gasteiger partial charge >= 0.3 is 0 Å². The van der Waals surface area contributed by atoms with E-state index in [1.165, 1.54) is 0 Å². The van der Waals surface area contributed by atoms with Crippen LogP contribution in [0.4, 0.5) is 5.69 Å². The Kier molecular flexibility index (Phi) is 5.77. The SMILES string of the molecule is CN1CCC(C(=O)N2CCOc3cc(-c4cncc(-c5cc(Br)cs5)n4)ccc32)CC1. The summed E-state index contributed by atoms with van der Waals surface area (Å²) in [4.78, 5) is 27.6. The second-order valence-corrected chi connectivity index (χ2v) is 9.84. The van der Waals surface area contributed by atoms with E-state index in [4.69, 9.17) is 9.72 Å². The highest BCUT2D eigenvalue weighted by Crippen LogP contribution is 2.37. The fourth-order valence-electron chi connectivity index (χ4n) is 4.16. The fourth-order valence-corrected chi connectivity index (χ4v) is 5.54. The Morgan fingerprint density at radius 2 is 1.97 bits per heavy atom. The predicted octanol–water partition coefficient (Wildman–Crippen LogP) is 4.70. The number of thiophene rings is 1. The summed E-state index contributed by atoms with van der Waals surface area (Å²) in [7, 11) is 2.11. The molecule has 6 nitrogen and oxygen atoms in total. The van der Waals surface area contributed by atoms with Crippen LogP contribution in [0.1, 0.15) is 12.8 Å². The summed E-state index contributed by atoms with van der Waals surface area (Å²) in [6, 6.07) is 8.00. The Morgan fingerprint density at radius 1 is 1.16 bits per heavy atom. The van der Waals surface area contributed by atoms with Gasteiger partial charge in [-0.15, -0.1) is 11.3 Å². The van der Waals surface area contributed by atoms with E-state index in [0.29, 0.717) is 13.2 Å². The number of carbonyl (C=O) groups is 1. The van der Waals surface area contributed by atoms with Crippen LogP contribution in [-0.2, 0) is 4.79 Å². The van der Waals surface area contributed by atoms with Crippen LogP contribution in [0.2, 0.25) is 0 Å². The van der Waals surface area contributed by atoms with E-state index >= 15 is 0 Å². The van der Waals surface area contributed by atoms with Crippen LogP contribution < -0.4 is 9.64 Å². The first-order valence-corrected chi connectivity index (χ1v) is 12.1. The number of rotatable bonds is 3.